The van der Waals surface area contributed by atoms with Crippen molar-refractivity contribution < 1.29 is 17.6 Å². The van der Waals surface area contributed by atoms with E-state index in [-0.39, 0.29) is 19.0 Å². The summed E-state index contributed by atoms with van der Waals surface area (Å²) in [4.78, 5) is 12.3. The number of aryl methyl sites for hydroxylation is 1. The highest BCUT2D eigenvalue weighted by Gasteiger charge is 2.18. The van der Waals surface area contributed by atoms with Crippen LogP contribution in [-0.4, -0.2) is 20.6 Å². The van der Waals surface area contributed by atoms with Crippen LogP contribution in [0.2, 0.25) is 0 Å². The van der Waals surface area contributed by atoms with E-state index in [1.54, 1.807) is 42.7 Å². The highest BCUT2D eigenvalue weighted by Crippen LogP contribution is 2.21. The number of anilines is 1. The van der Waals surface area contributed by atoms with Gasteiger partial charge in [0.25, 0.3) is 5.91 Å². The van der Waals surface area contributed by atoms with Crippen molar-refractivity contribution >= 4 is 21.6 Å². The van der Waals surface area contributed by atoms with Crippen LogP contribution in [0.25, 0.3) is 0 Å². The molecule has 0 aliphatic carbocycles. The first-order valence-electron chi connectivity index (χ1n) is 8.77. The maximum Gasteiger partial charge on any atom is 0.251 e. The zero-order valence-corrected chi connectivity index (χ0v) is 16.6. The molecular formula is C21H22N2O4S. The topological polar surface area (TPSA) is 79.6 Å². The molecular weight excluding hydrogens is 376 g/mol. The van der Waals surface area contributed by atoms with Crippen molar-refractivity contribution in [3.63, 3.8) is 0 Å². The fourth-order valence-corrected chi connectivity index (χ4v) is 3.61. The van der Waals surface area contributed by atoms with Gasteiger partial charge < -0.3 is 9.73 Å². The molecule has 28 heavy (non-hydrogen) atoms. The maximum atomic E-state index is 12.3. The number of carbonyl (C=O) groups excluding carboxylic acids is 1. The minimum absolute atomic E-state index is 0.225. The summed E-state index contributed by atoms with van der Waals surface area (Å²) in [5.74, 6) is 0.402. The molecule has 0 radical (unpaired) electrons. The highest BCUT2D eigenvalue weighted by atomic mass is 32.2. The van der Waals surface area contributed by atoms with Gasteiger partial charge in [0, 0.05) is 5.56 Å². The first kappa shape index (κ1) is 19.7. The molecule has 0 saturated carbocycles. The number of benzene rings is 2. The highest BCUT2D eigenvalue weighted by molar-refractivity contribution is 7.92. The predicted octanol–water partition coefficient (Wildman–Crippen LogP) is 3.48. The number of hydrogen-bond donors (Lipinski definition) is 1. The molecule has 0 atom stereocenters. The molecule has 146 valence electrons. The SMILES string of the molecule is Cc1ccc(CN(c2ccc(C(=O)NCc3ccco3)cc2)S(C)(=O)=O)cc1. The Kier molecular flexibility index (Phi) is 5.84. The van der Waals surface area contributed by atoms with Crippen LogP contribution in [0, 0.1) is 6.92 Å². The van der Waals surface area contributed by atoms with E-state index in [9.17, 15) is 13.2 Å². The Morgan fingerprint density at radius 2 is 1.71 bits per heavy atom. The Morgan fingerprint density at radius 3 is 2.29 bits per heavy atom. The van der Waals surface area contributed by atoms with E-state index in [0.717, 1.165) is 11.1 Å². The van der Waals surface area contributed by atoms with Crippen molar-refractivity contribution in [2.24, 2.45) is 0 Å². The third kappa shape index (κ3) is 5.01. The van der Waals surface area contributed by atoms with Gasteiger partial charge in [-0.2, -0.15) is 0 Å². The van der Waals surface area contributed by atoms with Crippen LogP contribution in [-0.2, 0) is 23.1 Å². The van der Waals surface area contributed by atoms with Crippen molar-refractivity contribution in [2.45, 2.75) is 20.0 Å². The molecule has 0 spiro atoms. The zero-order valence-electron chi connectivity index (χ0n) is 15.8. The summed E-state index contributed by atoms with van der Waals surface area (Å²) in [5.41, 5.74) is 2.95. The summed E-state index contributed by atoms with van der Waals surface area (Å²) in [5, 5.41) is 2.76. The van der Waals surface area contributed by atoms with Crippen molar-refractivity contribution in [3.8, 4) is 0 Å². The number of furan rings is 1. The molecule has 1 N–H and O–H groups in total. The Labute approximate surface area is 164 Å². The Morgan fingerprint density at radius 1 is 1.04 bits per heavy atom. The lowest BCUT2D eigenvalue weighted by molar-refractivity contribution is 0.0948. The smallest absolute Gasteiger partial charge is 0.251 e. The van der Waals surface area contributed by atoms with Crippen molar-refractivity contribution in [1.82, 2.24) is 5.32 Å². The minimum atomic E-state index is -3.48. The van der Waals surface area contributed by atoms with Gasteiger partial charge in [-0.3, -0.25) is 9.10 Å². The normalized spacial score (nSPS) is 11.2. The van der Waals surface area contributed by atoms with E-state index in [2.05, 4.69) is 5.32 Å². The fraction of sp³-hybridized carbons (Fsp3) is 0.190. The quantitative estimate of drug-likeness (QED) is 0.661. The maximum absolute atomic E-state index is 12.3. The average Bonchev–Trinajstić information content (AvgIpc) is 3.18. The van der Waals surface area contributed by atoms with Gasteiger partial charge in [-0.15, -0.1) is 0 Å². The van der Waals surface area contributed by atoms with Gasteiger partial charge >= 0.3 is 0 Å². The molecule has 0 aliphatic heterocycles. The van der Waals surface area contributed by atoms with Gasteiger partial charge in [-0.1, -0.05) is 29.8 Å². The number of sulfonamides is 1. The summed E-state index contributed by atoms with van der Waals surface area (Å²) < 4.78 is 31.1. The van der Waals surface area contributed by atoms with Crippen LogP contribution >= 0.6 is 0 Å². The largest absolute Gasteiger partial charge is 0.467 e. The summed E-state index contributed by atoms with van der Waals surface area (Å²) >= 11 is 0. The van der Waals surface area contributed by atoms with Gasteiger partial charge in [0.2, 0.25) is 10.0 Å². The second-order valence-corrected chi connectivity index (χ2v) is 8.47. The van der Waals surface area contributed by atoms with Gasteiger partial charge in [0.05, 0.1) is 31.3 Å². The molecule has 7 heteroatoms. The number of hydrogen-bond acceptors (Lipinski definition) is 4. The molecule has 0 aliphatic rings. The first-order valence-corrected chi connectivity index (χ1v) is 10.6. The molecule has 1 heterocycles. The first-order chi connectivity index (χ1) is 13.3. The number of amides is 1. The molecule has 0 unspecified atom stereocenters. The Balaban J connectivity index is 1.74. The lowest BCUT2D eigenvalue weighted by Gasteiger charge is -2.23. The zero-order chi connectivity index (χ0) is 20.1. The molecule has 1 amide bonds. The molecule has 0 saturated heterocycles. The summed E-state index contributed by atoms with van der Waals surface area (Å²) in [6.07, 6.45) is 2.72. The standard InChI is InChI=1S/C21H22N2O4S/c1-16-5-7-17(8-6-16)15-23(28(2,25)26)19-11-9-18(10-12-19)21(24)22-14-20-4-3-13-27-20/h3-13H,14-15H2,1-2H3,(H,22,24). The molecule has 1 aromatic heterocycles. The fourth-order valence-electron chi connectivity index (χ4n) is 2.72. The molecule has 6 nitrogen and oxygen atoms in total. The van der Waals surface area contributed by atoms with Gasteiger partial charge in [0.1, 0.15) is 5.76 Å². The molecule has 2 aromatic carbocycles. The summed E-state index contributed by atoms with van der Waals surface area (Å²) in [6.45, 7) is 2.49. The van der Waals surface area contributed by atoms with Crippen molar-refractivity contribution in [2.75, 3.05) is 10.6 Å². The van der Waals surface area contributed by atoms with Crippen molar-refractivity contribution in [1.29, 1.82) is 0 Å². The second kappa shape index (κ2) is 8.31. The summed E-state index contributed by atoms with van der Waals surface area (Å²) in [7, 11) is -3.48. The molecule has 0 bridgehead atoms. The van der Waals surface area contributed by atoms with Gasteiger partial charge in [0.15, 0.2) is 0 Å². The minimum Gasteiger partial charge on any atom is -0.467 e. The van der Waals surface area contributed by atoms with E-state index in [4.69, 9.17) is 4.42 Å². The van der Waals surface area contributed by atoms with Crippen LogP contribution in [0.1, 0.15) is 27.2 Å². The van der Waals surface area contributed by atoms with E-state index >= 15 is 0 Å². The van der Waals surface area contributed by atoms with Crippen LogP contribution in [0.3, 0.4) is 0 Å². The lowest BCUT2D eigenvalue weighted by atomic mass is 10.1. The van der Waals surface area contributed by atoms with Crippen LogP contribution < -0.4 is 9.62 Å². The Bertz CT molecular complexity index is 1030. The third-order valence-corrected chi connectivity index (χ3v) is 5.41. The van der Waals surface area contributed by atoms with Crippen LogP contribution in [0.5, 0.6) is 0 Å². The van der Waals surface area contributed by atoms with Gasteiger partial charge in [-0.25, -0.2) is 8.42 Å². The van der Waals surface area contributed by atoms with E-state index in [1.165, 1.54) is 10.6 Å². The van der Waals surface area contributed by atoms with Crippen molar-refractivity contribution in [3.05, 3.63) is 89.4 Å². The molecule has 3 aromatic rings. The number of nitrogens with one attached hydrogen (secondary N) is 1. The number of rotatable bonds is 7. The lowest BCUT2D eigenvalue weighted by Crippen LogP contribution is -2.29. The molecule has 0 fully saturated rings. The van der Waals surface area contributed by atoms with Crippen LogP contribution in [0.4, 0.5) is 5.69 Å². The molecule has 3 rings (SSSR count). The van der Waals surface area contributed by atoms with Gasteiger partial charge in [-0.05, 0) is 48.9 Å². The number of carbonyl (C=O) groups is 1. The average molecular weight is 398 g/mol. The third-order valence-electron chi connectivity index (χ3n) is 4.27. The van der Waals surface area contributed by atoms with E-state index in [1.807, 2.05) is 31.2 Å². The summed E-state index contributed by atoms with van der Waals surface area (Å²) in [6, 6.07) is 17.7. The predicted molar refractivity (Wildman–Crippen MR) is 109 cm³/mol. The van der Waals surface area contributed by atoms with Crippen LogP contribution in [0.15, 0.2) is 71.3 Å². The number of nitrogens with zero attached hydrogens (tertiary/aromatic N) is 1. The monoisotopic (exact) mass is 398 g/mol. The van der Waals surface area contributed by atoms with E-state index in [0.29, 0.717) is 17.0 Å². The van der Waals surface area contributed by atoms with E-state index < -0.39 is 10.0 Å². The second-order valence-electron chi connectivity index (χ2n) is 6.56. The Hall–Kier alpha value is -3.06.